The fourth-order valence-electron chi connectivity index (χ4n) is 2.26. The van der Waals surface area contributed by atoms with Crippen molar-refractivity contribution in [3.8, 4) is 0 Å². The Balaban J connectivity index is 2.46. The van der Waals surface area contributed by atoms with Crippen molar-refractivity contribution in [1.29, 1.82) is 0 Å². The molecule has 0 amide bonds. The minimum absolute atomic E-state index is 0.734. The monoisotopic (exact) mass is 311 g/mol. The van der Waals surface area contributed by atoms with Crippen LogP contribution in [-0.4, -0.2) is 13.1 Å². The van der Waals surface area contributed by atoms with Crippen molar-refractivity contribution in [2.45, 2.75) is 40.0 Å². The van der Waals surface area contributed by atoms with E-state index in [-0.39, 0.29) is 0 Å². The fourth-order valence-corrected chi connectivity index (χ4v) is 2.70. The molecular weight excluding hydrogens is 286 g/mol. The summed E-state index contributed by atoms with van der Waals surface area (Å²) in [6.07, 6.45) is 3.75. The average Bonchev–Trinajstić information content (AvgIpc) is 2.28. The van der Waals surface area contributed by atoms with E-state index in [1.165, 1.54) is 29.3 Å². The van der Waals surface area contributed by atoms with Crippen LogP contribution in [0.15, 0.2) is 28.7 Å². The van der Waals surface area contributed by atoms with Gasteiger partial charge in [0.15, 0.2) is 0 Å². The summed E-state index contributed by atoms with van der Waals surface area (Å²) in [6, 6.07) is 8.69. The van der Waals surface area contributed by atoms with Crippen LogP contribution in [0.2, 0.25) is 0 Å². The Labute approximate surface area is 120 Å². The smallest absolute Gasteiger partial charge is 0.0177 e. The molecular formula is C16H26BrN. The molecule has 1 aromatic carbocycles. The van der Waals surface area contributed by atoms with Crippen LogP contribution in [-0.2, 0) is 6.42 Å². The molecule has 0 saturated heterocycles. The van der Waals surface area contributed by atoms with Crippen molar-refractivity contribution in [3.05, 3.63) is 34.3 Å². The molecule has 0 spiro atoms. The lowest BCUT2D eigenvalue weighted by atomic mass is 9.95. The number of benzene rings is 1. The molecule has 0 aliphatic rings. The zero-order chi connectivity index (χ0) is 13.4. The third-order valence-corrected chi connectivity index (χ3v) is 3.59. The lowest BCUT2D eigenvalue weighted by Gasteiger charge is -2.18. The molecule has 0 saturated carbocycles. The van der Waals surface area contributed by atoms with Crippen molar-refractivity contribution in [1.82, 2.24) is 5.32 Å². The van der Waals surface area contributed by atoms with Crippen LogP contribution >= 0.6 is 15.9 Å². The van der Waals surface area contributed by atoms with Gasteiger partial charge >= 0.3 is 0 Å². The van der Waals surface area contributed by atoms with Crippen LogP contribution in [0.25, 0.3) is 0 Å². The van der Waals surface area contributed by atoms with E-state index in [1.807, 2.05) is 0 Å². The maximum Gasteiger partial charge on any atom is 0.0177 e. The summed E-state index contributed by atoms with van der Waals surface area (Å²) in [6.45, 7) is 9.06. The summed E-state index contributed by atoms with van der Waals surface area (Å²) in [5.41, 5.74) is 1.44. The highest BCUT2D eigenvalue weighted by Crippen LogP contribution is 2.17. The van der Waals surface area contributed by atoms with Gasteiger partial charge in [0.25, 0.3) is 0 Å². The molecule has 0 radical (unpaired) electrons. The number of nitrogens with one attached hydrogen (secondary N) is 1. The van der Waals surface area contributed by atoms with E-state index in [0.29, 0.717) is 0 Å². The Morgan fingerprint density at radius 2 is 2.00 bits per heavy atom. The molecule has 0 aliphatic carbocycles. The van der Waals surface area contributed by atoms with E-state index in [9.17, 15) is 0 Å². The summed E-state index contributed by atoms with van der Waals surface area (Å²) in [7, 11) is 0. The van der Waals surface area contributed by atoms with E-state index in [1.54, 1.807) is 0 Å². The van der Waals surface area contributed by atoms with Gasteiger partial charge in [-0.25, -0.2) is 0 Å². The number of rotatable bonds is 8. The molecule has 0 fully saturated rings. The second-order valence-electron chi connectivity index (χ2n) is 5.54. The van der Waals surface area contributed by atoms with Gasteiger partial charge in [-0.3, -0.25) is 0 Å². The minimum atomic E-state index is 0.734. The molecule has 0 aromatic heterocycles. The highest BCUT2D eigenvalue weighted by molar-refractivity contribution is 9.10. The minimum Gasteiger partial charge on any atom is -0.316 e. The summed E-state index contributed by atoms with van der Waals surface area (Å²) < 4.78 is 1.19. The zero-order valence-corrected chi connectivity index (χ0v) is 13.5. The molecule has 1 rings (SSSR count). The van der Waals surface area contributed by atoms with Gasteiger partial charge in [0.1, 0.15) is 0 Å². The molecule has 1 N–H and O–H groups in total. The normalized spacial score (nSPS) is 12.9. The van der Waals surface area contributed by atoms with Crippen LogP contribution in [0.5, 0.6) is 0 Å². The fraction of sp³-hybridized carbons (Fsp3) is 0.625. The third-order valence-electron chi connectivity index (χ3n) is 3.10. The molecule has 18 heavy (non-hydrogen) atoms. The van der Waals surface area contributed by atoms with Crippen molar-refractivity contribution < 1.29 is 0 Å². The van der Waals surface area contributed by atoms with Crippen molar-refractivity contribution in [3.63, 3.8) is 0 Å². The molecule has 1 aromatic rings. The second-order valence-corrected chi connectivity index (χ2v) is 6.46. The predicted octanol–water partition coefficient (Wildman–Crippen LogP) is 4.65. The van der Waals surface area contributed by atoms with Gasteiger partial charge in [-0.1, -0.05) is 55.3 Å². The lowest BCUT2D eigenvalue weighted by Crippen LogP contribution is -2.27. The quantitative estimate of drug-likeness (QED) is 0.736. The Bertz CT molecular complexity index is 336. The van der Waals surface area contributed by atoms with E-state index in [4.69, 9.17) is 0 Å². The van der Waals surface area contributed by atoms with E-state index in [2.05, 4.69) is 66.3 Å². The first-order valence-electron chi connectivity index (χ1n) is 7.07. The van der Waals surface area contributed by atoms with Gasteiger partial charge in [0.2, 0.25) is 0 Å². The standard InChI is InChI=1S/C16H26BrN/c1-4-6-15(12-18-11-13(2)3)9-14-7-5-8-16(17)10-14/h5,7-8,10,13,15,18H,4,6,9,11-12H2,1-3H3. The Morgan fingerprint density at radius 1 is 1.22 bits per heavy atom. The molecule has 0 aliphatic heterocycles. The Morgan fingerprint density at radius 3 is 2.61 bits per heavy atom. The summed E-state index contributed by atoms with van der Waals surface area (Å²) in [5, 5.41) is 3.59. The summed E-state index contributed by atoms with van der Waals surface area (Å²) in [5.74, 6) is 1.49. The lowest BCUT2D eigenvalue weighted by molar-refractivity contribution is 0.421. The van der Waals surface area contributed by atoms with Crippen LogP contribution in [0, 0.1) is 11.8 Å². The number of hydrogen-bond donors (Lipinski definition) is 1. The van der Waals surface area contributed by atoms with E-state index >= 15 is 0 Å². The first-order chi connectivity index (χ1) is 8.61. The van der Waals surface area contributed by atoms with Crippen molar-refractivity contribution in [2.24, 2.45) is 11.8 Å². The molecule has 1 nitrogen and oxygen atoms in total. The number of halogens is 1. The molecule has 0 bridgehead atoms. The van der Waals surface area contributed by atoms with E-state index in [0.717, 1.165) is 24.9 Å². The highest BCUT2D eigenvalue weighted by atomic mass is 79.9. The van der Waals surface area contributed by atoms with E-state index < -0.39 is 0 Å². The summed E-state index contributed by atoms with van der Waals surface area (Å²) in [4.78, 5) is 0. The molecule has 102 valence electrons. The highest BCUT2D eigenvalue weighted by Gasteiger charge is 2.09. The van der Waals surface area contributed by atoms with Crippen LogP contribution in [0.1, 0.15) is 39.2 Å². The average molecular weight is 312 g/mol. The zero-order valence-electron chi connectivity index (χ0n) is 11.9. The molecule has 0 heterocycles. The Kier molecular flexibility index (Phi) is 7.60. The second kappa shape index (κ2) is 8.71. The maximum absolute atomic E-state index is 3.59. The first-order valence-corrected chi connectivity index (χ1v) is 7.86. The van der Waals surface area contributed by atoms with Crippen LogP contribution < -0.4 is 5.32 Å². The van der Waals surface area contributed by atoms with Crippen LogP contribution in [0.4, 0.5) is 0 Å². The van der Waals surface area contributed by atoms with Crippen molar-refractivity contribution in [2.75, 3.05) is 13.1 Å². The van der Waals surface area contributed by atoms with Gasteiger partial charge in [-0.05, 0) is 55.5 Å². The van der Waals surface area contributed by atoms with Crippen LogP contribution in [0.3, 0.4) is 0 Å². The van der Waals surface area contributed by atoms with Gasteiger partial charge < -0.3 is 5.32 Å². The van der Waals surface area contributed by atoms with Gasteiger partial charge in [0.05, 0.1) is 0 Å². The number of hydrogen-bond acceptors (Lipinski definition) is 1. The van der Waals surface area contributed by atoms with Gasteiger partial charge in [0, 0.05) is 4.47 Å². The third kappa shape index (κ3) is 6.55. The van der Waals surface area contributed by atoms with Gasteiger partial charge in [-0.2, -0.15) is 0 Å². The largest absolute Gasteiger partial charge is 0.316 e. The van der Waals surface area contributed by atoms with Crippen molar-refractivity contribution >= 4 is 15.9 Å². The Hall–Kier alpha value is -0.340. The molecule has 2 heteroatoms. The maximum atomic E-state index is 3.59. The predicted molar refractivity (Wildman–Crippen MR) is 84.0 cm³/mol. The molecule has 1 unspecified atom stereocenters. The first kappa shape index (κ1) is 15.7. The SMILES string of the molecule is CCCC(CNCC(C)C)Cc1cccc(Br)c1. The molecule has 1 atom stereocenters. The summed E-state index contributed by atoms with van der Waals surface area (Å²) >= 11 is 3.55. The topological polar surface area (TPSA) is 12.0 Å². The van der Waals surface area contributed by atoms with Gasteiger partial charge in [-0.15, -0.1) is 0 Å².